The first-order valence-electron chi connectivity index (χ1n) is 13.2. The third kappa shape index (κ3) is 9.14. The Morgan fingerprint density at radius 1 is 1.00 bits per heavy atom. The molecule has 0 aliphatic rings. The summed E-state index contributed by atoms with van der Waals surface area (Å²) in [5, 5.41) is 20.5. The molecule has 3 rings (SSSR count). The minimum Gasteiger partial charge on any atom is -0.394 e. The lowest BCUT2D eigenvalue weighted by Gasteiger charge is -2.29. The summed E-state index contributed by atoms with van der Waals surface area (Å²) in [6.07, 6.45) is -0.529. The molecule has 1 amide bonds. The number of benzene rings is 3. The van der Waals surface area contributed by atoms with Gasteiger partial charge in [-0.1, -0.05) is 37.3 Å². The fourth-order valence-electron chi connectivity index (χ4n) is 4.32. The molecule has 0 bridgehead atoms. The largest absolute Gasteiger partial charge is 0.394 e. The average Bonchev–Trinajstić information content (AvgIpc) is 2.91. The summed E-state index contributed by atoms with van der Waals surface area (Å²) in [5.74, 6) is -2.07. The Hall–Kier alpha value is -3.22. The van der Waals surface area contributed by atoms with Crippen molar-refractivity contribution in [3.8, 4) is 0 Å². The number of nitrogens with zero attached hydrogens (tertiary/aromatic N) is 1. The van der Waals surface area contributed by atoms with Crippen molar-refractivity contribution in [2.24, 2.45) is 5.73 Å². The second-order valence-electron chi connectivity index (χ2n) is 10.7. The number of nitrogens with two attached hydrogens (primary N) is 1. The summed E-state index contributed by atoms with van der Waals surface area (Å²) in [5.41, 5.74) is 7.23. The van der Waals surface area contributed by atoms with Gasteiger partial charge in [0.05, 0.1) is 23.1 Å². The van der Waals surface area contributed by atoms with E-state index in [4.69, 9.17) is 5.73 Å². The van der Waals surface area contributed by atoms with Crippen LogP contribution in [0.4, 0.5) is 8.78 Å². The Balaban J connectivity index is 1.90. The summed E-state index contributed by atoms with van der Waals surface area (Å²) < 4.78 is 55.6. The first-order chi connectivity index (χ1) is 19.2. The van der Waals surface area contributed by atoms with Gasteiger partial charge in [0.1, 0.15) is 11.6 Å². The van der Waals surface area contributed by atoms with E-state index in [9.17, 15) is 32.2 Å². The molecule has 0 spiro atoms. The van der Waals surface area contributed by atoms with E-state index in [-0.39, 0.29) is 35.5 Å². The van der Waals surface area contributed by atoms with Gasteiger partial charge < -0.3 is 20.8 Å². The Morgan fingerprint density at radius 2 is 1.63 bits per heavy atom. The molecule has 5 N–H and O–H groups in total. The summed E-state index contributed by atoms with van der Waals surface area (Å²) in [4.78, 5) is 14.9. The maximum absolute atomic E-state index is 13.7. The number of carbonyl (C=O) groups excluding carboxylic acids is 1. The molecule has 0 saturated heterocycles. The SMILES string of the molecule is CCc1cccc(CN(C[C@@H](O)[C@@H](N)Cc2cc(F)cc(F)c2)C(=O)c2cccc(S(=O)(=O)NC(C)(C)CO)c2)c1. The van der Waals surface area contributed by atoms with Crippen LogP contribution >= 0.6 is 0 Å². The Bertz CT molecular complexity index is 1450. The van der Waals surface area contributed by atoms with Crippen molar-refractivity contribution >= 4 is 15.9 Å². The highest BCUT2D eigenvalue weighted by Crippen LogP contribution is 2.19. The molecule has 0 fully saturated rings. The van der Waals surface area contributed by atoms with Crippen molar-refractivity contribution in [2.45, 2.75) is 62.7 Å². The smallest absolute Gasteiger partial charge is 0.254 e. The molecule has 0 aromatic heterocycles. The van der Waals surface area contributed by atoms with Crippen LogP contribution in [-0.4, -0.2) is 60.3 Å². The van der Waals surface area contributed by atoms with Crippen molar-refractivity contribution in [1.29, 1.82) is 0 Å². The number of aryl methyl sites for hydroxylation is 1. The molecule has 0 aliphatic carbocycles. The van der Waals surface area contributed by atoms with Crippen LogP contribution in [-0.2, 0) is 29.4 Å². The molecule has 2 atom stereocenters. The number of aliphatic hydroxyl groups excluding tert-OH is 2. The standard InChI is InChI=1S/C30H37F2N3O5S/c1-4-20-7-5-8-21(11-20)17-35(18-28(37)27(33)14-22-12-24(31)16-25(32)13-22)29(38)23-9-6-10-26(15-23)41(39,40)34-30(2,3)19-36/h5-13,15-16,27-28,34,36-37H,4,14,17-19,33H2,1-3H3/t27-,28+/m0/s1. The minimum absolute atomic E-state index is 0.0385. The zero-order valence-electron chi connectivity index (χ0n) is 23.3. The van der Waals surface area contributed by atoms with E-state index < -0.39 is 51.9 Å². The van der Waals surface area contributed by atoms with Gasteiger partial charge in [-0.2, -0.15) is 0 Å². The predicted octanol–water partition coefficient (Wildman–Crippen LogP) is 3.15. The minimum atomic E-state index is -4.07. The van der Waals surface area contributed by atoms with Gasteiger partial charge in [-0.25, -0.2) is 21.9 Å². The maximum atomic E-state index is 13.7. The third-order valence-electron chi connectivity index (χ3n) is 6.55. The average molecular weight is 590 g/mol. The summed E-state index contributed by atoms with van der Waals surface area (Å²) in [6, 6.07) is 15.1. The number of hydrogen-bond donors (Lipinski definition) is 4. The topological polar surface area (TPSA) is 133 Å². The highest BCUT2D eigenvalue weighted by Gasteiger charge is 2.28. The van der Waals surface area contributed by atoms with Crippen LogP contribution in [0.3, 0.4) is 0 Å². The second kappa shape index (κ2) is 13.6. The molecule has 3 aromatic rings. The van der Waals surface area contributed by atoms with Crippen molar-refractivity contribution in [3.63, 3.8) is 0 Å². The molecule has 0 aliphatic heterocycles. The molecule has 11 heteroatoms. The number of nitrogens with one attached hydrogen (secondary N) is 1. The molecule has 222 valence electrons. The second-order valence-corrected chi connectivity index (χ2v) is 12.4. The third-order valence-corrected chi connectivity index (χ3v) is 8.25. The molecule has 0 unspecified atom stereocenters. The highest BCUT2D eigenvalue weighted by molar-refractivity contribution is 7.89. The summed E-state index contributed by atoms with van der Waals surface area (Å²) >= 11 is 0. The molecular formula is C30H37F2N3O5S. The fraction of sp³-hybridized carbons (Fsp3) is 0.367. The van der Waals surface area contributed by atoms with Crippen LogP contribution in [0.5, 0.6) is 0 Å². The van der Waals surface area contributed by atoms with E-state index in [2.05, 4.69) is 4.72 Å². The molecule has 41 heavy (non-hydrogen) atoms. The van der Waals surface area contributed by atoms with Gasteiger partial charge in [0.15, 0.2) is 0 Å². The van der Waals surface area contributed by atoms with Crippen molar-refractivity contribution in [1.82, 2.24) is 9.62 Å². The zero-order valence-corrected chi connectivity index (χ0v) is 24.2. The van der Waals surface area contributed by atoms with Crippen LogP contribution in [0.15, 0.2) is 71.6 Å². The number of sulfonamides is 1. The van der Waals surface area contributed by atoms with Crippen LogP contribution < -0.4 is 10.5 Å². The Morgan fingerprint density at radius 3 is 2.27 bits per heavy atom. The molecule has 3 aromatic carbocycles. The van der Waals surface area contributed by atoms with E-state index >= 15 is 0 Å². The van der Waals surface area contributed by atoms with E-state index in [1.165, 1.54) is 43.0 Å². The number of halogens is 2. The molecule has 8 nitrogen and oxygen atoms in total. The molecule has 0 radical (unpaired) electrons. The lowest BCUT2D eigenvalue weighted by molar-refractivity contribution is 0.0554. The van der Waals surface area contributed by atoms with Crippen molar-refractivity contribution in [3.05, 3.63) is 101 Å². The normalized spacial score (nSPS) is 13.6. The van der Waals surface area contributed by atoms with Crippen LogP contribution in [0.25, 0.3) is 0 Å². The quantitative estimate of drug-likeness (QED) is 0.242. The molecule has 0 saturated carbocycles. The summed E-state index contributed by atoms with van der Waals surface area (Å²) in [6.45, 7) is 4.48. The van der Waals surface area contributed by atoms with Crippen LogP contribution in [0, 0.1) is 11.6 Å². The Kier molecular flexibility index (Phi) is 10.7. The monoisotopic (exact) mass is 589 g/mol. The van der Waals surface area contributed by atoms with Gasteiger partial charge in [0, 0.05) is 30.8 Å². The van der Waals surface area contributed by atoms with Crippen molar-refractivity contribution in [2.75, 3.05) is 13.2 Å². The number of amides is 1. The first kappa shape index (κ1) is 32.3. The van der Waals surface area contributed by atoms with Crippen molar-refractivity contribution < 1.29 is 32.2 Å². The maximum Gasteiger partial charge on any atom is 0.254 e. The number of hydrogen-bond acceptors (Lipinski definition) is 6. The Labute approximate surface area is 239 Å². The van der Waals surface area contributed by atoms with E-state index in [0.29, 0.717) is 0 Å². The van der Waals surface area contributed by atoms with E-state index in [1.807, 2.05) is 31.2 Å². The lowest BCUT2D eigenvalue weighted by Crippen LogP contribution is -2.46. The summed E-state index contributed by atoms with van der Waals surface area (Å²) in [7, 11) is -4.07. The van der Waals surface area contributed by atoms with Gasteiger partial charge in [-0.3, -0.25) is 4.79 Å². The van der Waals surface area contributed by atoms with Gasteiger partial charge >= 0.3 is 0 Å². The molecule has 0 heterocycles. The van der Waals surface area contributed by atoms with E-state index in [0.717, 1.165) is 35.7 Å². The zero-order chi connectivity index (χ0) is 30.4. The van der Waals surface area contributed by atoms with Crippen LogP contribution in [0.2, 0.25) is 0 Å². The lowest BCUT2D eigenvalue weighted by atomic mass is 10.0. The predicted molar refractivity (Wildman–Crippen MR) is 153 cm³/mol. The van der Waals surface area contributed by atoms with Gasteiger partial charge in [-0.05, 0) is 73.7 Å². The van der Waals surface area contributed by atoms with Gasteiger partial charge in [0.25, 0.3) is 5.91 Å². The number of carbonyl (C=O) groups is 1. The number of rotatable bonds is 13. The van der Waals surface area contributed by atoms with E-state index in [1.54, 1.807) is 0 Å². The van der Waals surface area contributed by atoms with Gasteiger partial charge in [0.2, 0.25) is 10.0 Å². The first-order valence-corrected chi connectivity index (χ1v) is 14.7. The molecular weight excluding hydrogens is 552 g/mol. The number of aliphatic hydroxyl groups is 2. The fourth-order valence-corrected chi connectivity index (χ4v) is 5.77. The van der Waals surface area contributed by atoms with Crippen LogP contribution in [0.1, 0.15) is 47.8 Å². The van der Waals surface area contributed by atoms with Gasteiger partial charge in [-0.15, -0.1) is 0 Å². The highest BCUT2D eigenvalue weighted by atomic mass is 32.2.